The highest BCUT2D eigenvalue weighted by Crippen LogP contribution is 2.37. The number of halogens is 1. The second kappa shape index (κ2) is 6.98. The molecule has 0 fully saturated rings. The van der Waals surface area contributed by atoms with Crippen LogP contribution in [0.1, 0.15) is 31.1 Å². The summed E-state index contributed by atoms with van der Waals surface area (Å²) < 4.78 is 10.2. The molecule has 0 aliphatic carbocycles. The maximum absolute atomic E-state index is 12.9. The molecule has 1 aromatic heterocycles. The Morgan fingerprint density at radius 1 is 1.00 bits per heavy atom. The van der Waals surface area contributed by atoms with E-state index in [9.17, 15) is 4.79 Å². The number of nitrogens with zero attached hydrogens (tertiary/aromatic N) is 1. The first-order valence-electron chi connectivity index (χ1n) is 7.89. The molecule has 25 heavy (non-hydrogen) atoms. The van der Waals surface area contributed by atoms with Crippen LogP contribution in [0.5, 0.6) is 0 Å². The van der Waals surface area contributed by atoms with Gasteiger partial charge in [-0.15, -0.1) is 0 Å². The number of esters is 1. The van der Waals surface area contributed by atoms with E-state index < -0.39 is 5.60 Å². The highest BCUT2D eigenvalue weighted by molar-refractivity contribution is 7.10. The summed E-state index contributed by atoms with van der Waals surface area (Å²) >= 11 is 7.28. The summed E-state index contributed by atoms with van der Waals surface area (Å²) in [5.41, 5.74) is 2.32. The number of hydrogen-bond donors (Lipinski definition) is 0. The molecule has 0 saturated heterocycles. The van der Waals surface area contributed by atoms with E-state index in [4.69, 9.17) is 16.3 Å². The number of carbonyl (C=O) groups excluding carboxylic acids is 1. The monoisotopic (exact) mass is 371 g/mol. The van der Waals surface area contributed by atoms with Gasteiger partial charge in [0.1, 0.15) is 11.2 Å². The molecule has 2 aromatic carbocycles. The maximum Gasteiger partial charge on any atom is 0.342 e. The van der Waals surface area contributed by atoms with E-state index in [-0.39, 0.29) is 5.97 Å². The van der Waals surface area contributed by atoms with Crippen molar-refractivity contribution in [1.82, 2.24) is 4.37 Å². The van der Waals surface area contributed by atoms with Gasteiger partial charge in [0.05, 0.1) is 10.6 Å². The largest absolute Gasteiger partial charge is 0.456 e. The van der Waals surface area contributed by atoms with Gasteiger partial charge in [0, 0.05) is 10.6 Å². The molecule has 0 unspecified atom stereocenters. The van der Waals surface area contributed by atoms with Crippen LogP contribution in [-0.2, 0) is 4.74 Å². The van der Waals surface area contributed by atoms with E-state index in [1.807, 2.05) is 63.2 Å². The van der Waals surface area contributed by atoms with E-state index >= 15 is 0 Å². The lowest BCUT2D eigenvalue weighted by atomic mass is 10.0. The molecule has 0 saturated carbocycles. The van der Waals surface area contributed by atoms with Crippen molar-refractivity contribution in [1.29, 1.82) is 0 Å². The van der Waals surface area contributed by atoms with Gasteiger partial charge in [0.2, 0.25) is 0 Å². The van der Waals surface area contributed by atoms with Crippen molar-refractivity contribution < 1.29 is 9.53 Å². The van der Waals surface area contributed by atoms with Crippen molar-refractivity contribution in [2.24, 2.45) is 0 Å². The molecule has 0 atom stereocenters. The van der Waals surface area contributed by atoms with Crippen molar-refractivity contribution >= 4 is 29.1 Å². The second-order valence-electron chi connectivity index (χ2n) is 6.61. The van der Waals surface area contributed by atoms with E-state index in [1.165, 1.54) is 11.5 Å². The van der Waals surface area contributed by atoms with Crippen molar-refractivity contribution in [3.63, 3.8) is 0 Å². The second-order valence-corrected chi connectivity index (χ2v) is 7.82. The van der Waals surface area contributed by atoms with Gasteiger partial charge in [0.25, 0.3) is 0 Å². The van der Waals surface area contributed by atoms with Gasteiger partial charge in [-0.3, -0.25) is 0 Å². The van der Waals surface area contributed by atoms with E-state index in [0.29, 0.717) is 16.3 Å². The van der Waals surface area contributed by atoms with Crippen LogP contribution in [0.3, 0.4) is 0 Å². The quantitative estimate of drug-likeness (QED) is 0.523. The highest BCUT2D eigenvalue weighted by Gasteiger charge is 2.27. The third kappa shape index (κ3) is 4.09. The molecule has 0 aliphatic rings. The van der Waals surface area contributed by atoms with Crippen molar-refractivity contribution in [2.75, 3.05) is 0 Å². The molecular weight excluding hydrogens is 354 g/mol. The van der Waals surface area contributed by atoms with Gasteiger partial charge in [-0.05, 0) is 50.0 Å². The topological polar surface area (TPSA) is 39.2 Å². The molecule has 0 amide bonds. The Kier molecular flexibility index (Phi) is 4.93. The van der Waals surface area contributed by atoms with Gasteiger partial charge in [0.15, 0.2) is 0 Å². The van der Waals surface area contributed by atoms with Crippen LogP contribution in [0, 0.1) is 0 Å². The predicted octanol–water partition coefficient (Wildman–Crippen LogP) is 6.09. The van der Waals surface area contributed by atoms with Gasteiger partial charge in [-0.1, -0.05) is 54.1 Å². The average molecular weight is 372 g/mol. The lowest BCUT2D eigenvalue weighted by molar-refractivity contribution is 0.00717. The number of benzene rings is 2. The van der Waals surface area contributed by atoms with Gasteiger partial charge in [-0.25, -0.2) is 4.79 Å². The predicted molar refractivity (Wildman–Crippen MR) is 103 cm³/mol. The third-order valence-electron chi connectivity index (χ3n) is 3.45. The number of aromatic nitrogens is 1. The van der Waals surface area contributed by atoms with Crippen LogP contribution < -0.4 is 0 Å². The number of hydrogen-bond acceptors (Lipinski definition) is 4. The van der Waals surface area contributed by atoms with E-state index in [1.54, 1.807) is 12.1 Å². The molecule has 0 bridgehead atoms. The molecule has 128 valence electrons. The van der Waals surface area contributed by atoms with Crippen LogP contribution in [0.15, 0.2) is 54.6 Å². The maximum atomic E-state index is 12.9. The lowest BCUT2D eigenvalue weighted by Crippen LogP contribution is -2.24. The Hall–Kier alpha value is -2.17. The Balaban J connectivity index is 2.14. The summed E-state index contributed by atoms with van der Waals surface area (Å²) in [6.45, 7) is 5.57. The summed E-state index contributed by atoms with van der Waals surface area (Å²) in [6.07, 6.45) is 0. The van der Waals surface area contributed by atoms with Crippen molar-refractivity contribution in [2.45, 2.75) is 26.4 Å². The number of carbonyl (C=O) groups is 1. The molecule has 0 aliphatic heterocycles. The summed E-state index contributed by atoms with van der Waals surface area (Å²) in [5.74, 6) is -0.370. The smallest absolute Gasteiger partial charge is 0.342 e. The summed E-state index contributed by atoms with van der Waals surface area (Å²) in [6, 6.07) is 17.1. The minimum atomic E-state index is -0.579. The Labute approximate surface area is 156 Å². The molecule has 1 heterocycles. The molecule has 5 heteroatoms. The summed E-state index contributed by atoms with van der Waals surface area (Å²) in [7, 11) is 0. The first-order valence-corrected chi connectivity index (χ1v) is 9.05. The van der Waals surface area contributed by atoms with Crippen molar-refractivity contribution in [3.8, 4) is 21.7 Å². The molecule has 3 nitrogen and oxygen atoms in total. The summed E-state index contributed by atoms with van der Waals surface area (Å²) in [5, 5.41) is 0.640. The third-order valence-corrected chi connectivity index (χ3v) is 4.60. The molecular formula is C20H18ClNO2S. The van der Waals surface area contributed by atoms with Crippen LogP contribution in [-0.4, -0.2) is 15.9 Å². The Morgan fingerprint density at radius 2 is 1.64 bits per heavy atom. The zero-order valence-corrected chi connectivity index (χ0v) is 15.8. The SMILES string of the molecule is CC(C)(C)OC(=O)c1c(-c2ccc(Cl)cc2)nsc1-c1ccccc1. The van der Waals surface area contributed by atoms with Crippen LogP contribution in [0.2, 0.25) is 5.02 Å². The van der Waals surface area contributed by atoms with Crippen LogP contribution in [0.4, 0.5) is 0 Å². The standard InChI is InChI=1S/C20H18ClNO2S/c1-20(2,3)24-19(23)16-17(13-9-11-15(21)12-10-13)22-25-18(16)14-7-5-4-6-8-14/h4-12H,1-3H3. The Morgan fingerprint density at radius 3 is 2.24 bits per heavy atom. The Bertz CT molecular complexity index is 880. The highest BCUT2D eigenvalue weighted by atomic mass is 35.5. The van der Waals surface area contributed by atoms with Gasteiger partial charge in [-0.2, -0.15) is 4.37 Å². The first-order chi connectivity index (χ1) is 11.8. The molecule has 0 spiro atoms. The van der Waals surface area contributed by atoms with E-state index in [2.05, 4.69) is 4.37 Å². The molecule has 0 N–H and O–H groups in total. The average Bonchev–Trinajstić information content (AvgIpc) is 3.00. The minimum absolute atomic E-state index is 0.370. The van der Waals surface area contributed by atoms with E-state index in [0.717, 1.165) is 16.0 Å². The zero-order valence-electron chi connectivity index (χ0n) is 14.2. The normalized spacial score (nSPS) is 11.4. The minimum Gasteiger partial charge on any atom is -0.456 e. The molecule has 3 rings (SSSR count). The number of rotatable bonds is 3. The fourth-order valence-corrected chi connectivity index (χ4v) is 3.42. The molecule has 0 radical (unpaired) electrons. The number of ether oxygens (including phenoxy) is 1. The van der Waals surface area contributed by atoms with Crippen LogP contribution >= 0.6 is 23.1 Å². The van der Waals surface area contributed by atoms with Gasteiger partial charge >= 0.3 is 5.97 Å². The lowest BCUT2D eigenvalue weighted by Gasteiger charge is -2.20. The fraction of sp³-hybridized carbons (Fsp3) is 0.200. The van der Waals surface area contributed by atoms with Crippen LogP contribution in [0.25, 0.3) is 21.7 Å². The summed E-state index contributed by atoms with van der Waals surface area (Å²) in [4.78, 5) is 13.7. The first kappa shape index (κ1) is 17.6. The van der Waals surface area contributed by atoms with Crippen molar-refractivity contribution in [3.05, 3.63) is 65.2 Å². The zero-order chi connectivity index (χ0) is 18.0. The molecule has 3 aromatic rings. The fourth-order valence-electron chi connectivity index (χ4n) is 2.40. The van der Waals surface area contributed by atoms with Gasteiger partial charge < -0.3 is 4.74 Å².